The first-order valence-corrected chi connectivity index (χ1v) is 4.78. The summed E-state index contributed by atoms with van der Waals surface area (Å²) in [6.07, 6.45) is 5.16. The molecule has 1 aliphatic rings. The lowest BCUT2D eigenvalue weighted by molar-refractivity contribution is -0.145. The van der Waals surface area contributed by atoms with Gasteiger partial charge in [-0.1, -0.05) is 5.92 Å². The number of ether oxygens (including phenoxy) is 1. The van der Waals surface area contributed by atoms with Gasteiger partial charge in [0.15, 0.2) is 0 Å². The minimum Gasteiger partial charge on any atom is -0.468 e. The highest BCUT2D eigenvalue weighted by Gasteiger charge is 2.31. The second kappa shape index (κ2) is 4.39. The lowest BCUT2D eigenvalue weighted by Crippen LogP contribution is -2.38. The summed E-state index contributed by atoms with van der Waals surface area (Å²) in [5.74, 6) is 3.95. The lowest BCUT2D eigenvalue weighted by Gasteiger charge is -2.17. The molecule has 0 N–H and O–H groups in total. The Balaban J connectivity index is 2.52. The van der Waals surface area contributed by atoms with Crippen LogP contribution in [0.4, 0.5) is 0 Å². The quantitative estimate of drug-likeness (QED) is 0.453. The molecule has 0 aromatic heterocycles. The largest absolute Gasteiger partial charge is 0.468 e. The number of hydrogen-bond donors (Lipinski definition) is 0. The zero-order valence-corrected chi connectivity index (χ0v) is 7.76. The van der Waals surface area contributed by atoms with Gasteiger partial charge in [0.05, 0.1) is 13.7 Å². The van der Waals surface area contributed by atoms with Crippen LogP contribution in [0.1, 0.15) is 0 Å². The molecule has 0 bridgehead atoms. The molecule has 4 heteroatoms. The summed E-state index contributed by atoms with van der Waals surface area (Å²) in [6, 6.07) is -0.143. The molecule has 1 atom stereocenters. The maximum atomic E-state index is 11.2. The van der Waals surface area contributed by atoms with E-state index in [0.29, 0.717) is 6.54 Å². The Morgan fingerprint density at radius 2 is 2.67 bits per heavy atom. The summed E-state index contributed by atoms with van der Waals surface area (Å²) >= 11 is 1.70. The van der Waals surface area contributed by atoms with Crippen molar-refractivity contribution in [2.45, 2.75) is 6.04 Å². The monoisotopic (exact) mass is 185 g/mol. The van der Waals surface area contributed by atoms with Crippen molar-refractivity contribution >= 4 is 17.7 Å². The average molecular weight is 185 g/mol. The molecule has 3 nitrogen and oxygen atoms in total. The summed E-state index contributed by atoms with van der Waals surface area (Å²) in [5.41, 5.74) is 0. The Kier molecular flexibility index (Phi) is 3.45. The maximum Gasteiger partial charge on any atom is 0.323 e. The predicted molar refractivity (Wildman–Crippen MR) is 48.7 cm³/mol. The van der Waals surface area contributed by atoms with Gasteiger partial charge < -0.3 is 4.74 Å². The molecule has 0 spiro atoms. The Morgan fingerprint density at radius 3 is 3.25 bits per heavy atom. The molecule has 12 heavy (non-hydrogen) atoms. The van der Waals surface area contributed by atoms with Crippen molar-refractivity contribution in [3.63, 3.8) is 0 Å². The molecule has 66 valence electrons. The van der Waals surface area contributed by atoms with E-state index in [2.05, 4.69) is 10.7 Å². The summed E-state index contributed by atoms with van der Waals surface area (Å²) in [5, 5.41) is 0. The molecule has 0 aromatic carbocycles. The third-order valence-corrected chi connectivity index (χ3v) is 2.81. The van der Waals surface area contributed by atoms with Gasteiger partial charge in [0.2, 0.25) is 0 Å². The van der Waals surface area contributed by atoms with Crippen molar-refractivity contribution < 1.29 is 9.53 Å². The van der Waals surface area contributed by atoms with Gasteiger partial charge in [0.25, 0.3) is 0 Å². The molecule has 1 aliphatic heterocycles. The molecule has 0 aromatic rings. The first kappa shape index (κ1) is 9.43. The van der Waals surface area contributed by atoms with Crippen molar-refractivity contribution in [3.8, 4) is 12.3 Å². The molecular weight excluding hydrogens is 174 g/mol. The van der Waals surface area contributed by atoms with E-state index in [4.69, 9.17) is 6.42 Å². The molecule has 1 unspecified atom stereocenters. The van der Waals surface area contributed by atoms with E-state index >= 15 is 0 Å². The van der Waals surface area contributed by atoms with E-state index in [-0.39, 0.29) is 12.0 Å². The molecule has 0 aliphatic carbocycles. The third kappa shape index (κ3) is 1.93. The van der Waals surface area contributed by atoms with E-state index in [1.807, 2.05) is 4.90 Å². The fraction of sp³-hybridized carbons (Fsp3) is 0.625. The number of esters is 1. The molecule has 1 rings (SSSR count). The lowest BCUT2D eigenvalue weighted by atomic mass is 10.3. The second-order valence-electron chi connectivity index (χ2n) is 2.49. The minimum absolute atomic E-state index is 0.143. The third-order valence-electron chi connectivity index (χ3n) is 1.74. The van der Waals surface area contributed by atoms with Gasteiger partial charge in [-0.05, 0) is 0 Å². The molecule has 1 saturated heterocycles. The summed E-state index contributed by atoms with van der Waals surface area (Å²) in [7, 11) is 1.40. The van der Waals surface area contributed by atoms with Crippen LogP contribution in [-0.2, 0) is 9.53 Å². The number of rotatable bonds is 2. The number of hydrogen-bond acceptors (Lipinski definition) is 4. The highest BCUT2D eigenvalue weighted by atomic mass is 32.2. The Morgan fingerprint density at radius 1 is 1.92 bits per heavy atom. The topological polar surface area (TPSA) is 29.5 Å². The summed E-state index contributed by atoms with van der Waals surface area (Å²) < 4.78 is 4.65. The van der Waals surface area contributed by atoms with Crippen LogP contribution in [0.2, 0.25) is 0 Å². The zero-order valence-electron chi connectivity index (χ0n) is 6.95. The van der Waals surface area contributed by atoms with Crippen molar-refractivity contribution in [1.29, 1.82) is 0 Å². The maximum absolute atomic E-state index is 11.2. The standard InChI is InChI=1S/C8H11NO2S/c1-3-4-9-6-12-5-7(9)8(10)11-2/h1,7H,4-6H2,2H3. The van der Waals surface area contributed by atoms with Gasteiger partial charge in [-0.3, -0.25) is 9.69 Å². The molecule has 0 amide bonds. The fourth-order valence-corrected chi connectivity index (χ4v) is 2.28. The second-order valence-corrected chi connectivity index (χ2v) is 3.49. The molecule has 1 heterocycles. The summed E-state index contributed by atoms with van der Waals surface area (Å²) in [6.45, 7) is 0.521. The van der Waals surface area contributed by atoms with E-state index in [1.54, 1.807) is 11.8 Å². The predicted octanol–water partition coefficient (Wildman–Crippen LogP) is 0.167. The van der Waals surface area contributed by atoms with Crippen LogP contribution in [0.15, 0.2) is 0 Å². The van der Waals surface area contributed by atoms with Crippen LogP contribution in [0.5, 0.6) is 0 Å². The van der Waals surface area contributed by atoms with Crippen molar-refractivity contribution in [3.05, 3.63) is 0 Å². The SMILES string of the molecule is C#CCN1CSCC1C(=O)OC. The van der Waals surface area contributed by atoms with Gasteiger partial charge >= 0.3 is 5.97 Å². The van der Waals surface area contributed by atoms with E-state index in [0.717, 1.165) is 11.6 Å². The number of methoxy groups -OCH3 is 1. The van der Waals surface area contributed by atoms with Gasteiger partial charge in [-0.2, -0.15) is 0 Å². The zero-order chi connectivity index (χ0) is 8.97. The Hall–Kier alpha value is -0.660. The number of nitrogens with zero attached hydrogens (tertiary/aromatic N) is 1. The van der Waals surface area contributed by atoms with Crippen LogP contribution in [-0.4, -0.2) is 42.2 Å². The Bertz CT molecular complexity index is 212. The average Bonchev–Trinajstić information content (AvgIpc) is 2.52. The Labute approximate surface area is 76.4 Å². The van der Waals surface area contributed by atoms with E-state index in [1.165, 1.54) is 7.11 Å². The van der Waals surface area contributed by atoms with Crippen LogP contribution < -0.4 is 0 Å². The minimum atomic E-state index is -0.185. The highest BCUT2D eigenvalue weighted by molar-refractivity contribution is 7.99. The first-order valence-electron chi connectivity index (χ1n) is 3.62. The first-order chi connectivity index (χ1) is 5.79. The normalized spacial score (nSPS) is 23.5. The summed E-state index contributed by atoms with van der Waals surface area (Å²) in [4.78, 5) is 13.1. The van der Waals surface area contributed by atoms with Crippen molar-refractivity contribution in [2.24, 2.45) is 0 Å². The number of thioether (sulfide) groups is 1. The number of carbonyl (C=O) groups excluding carboxylic acids is 1. The van der Waals surface area contributed by atoms with Crippen molar-refractivity contribution in [1.82, 2.24) is 4.90 Å². The molecule has 0 radical (unpaired) electrons. The van der Waals surface area contributed by atoms with Gasteiger partial charge in [0, 0.05) is 11.6 Å². The van der Waals surface area contributed by atoms with E-state index in [9.17, 15) is 4.79 Å². The van der Waals surface area contributed by atoms with Crippen LogP contribution >= 0.6 is 11.8 Å². The molecule has 1 fully saturated rings. The fourth-order valence-electron chi connectivity index (χ4n) is 1.10. The van der Waals surface area contributed by atoms with Crippen molar-refractivity contribution in [2.75, 3.05) is 25.3 Å². The molecular formula is C8H11NO2S. The van der Waals surface area contributed by atoms with Gasteiger partial charge in [0.1, 0.15) is 6.04 Å². The van der Waals surface area contributed by atoms with Gasteiger partial charge in [-0.15, -0.1) is 18.2 Å². The molecule has 0 saturated carbocycles. The van der Waals surface area contributed by atoms with Crippen LogP contribution in [0, 0.1) is 12.3 Å². The number of carbonyl (C=O) groups is 1. The van der Waals surface area contributed by atoms with Crippen LogP contribution in [0.3, 0.4) is 0 Å². The smallest absolute Gasteiger partial charge is 0.323 e. The van der Waals surface area contributed by atoms with E-state index < -0.39 is 0 Å². The highest BCUT2D eigenvalue weighted by Crippen LogP contribution is 2.20. The van der Waals surface area contributed by atoms with Crippen LogP contribution in [0.25, 0.3) is 0 Å². The number of terminal acetylenes is 1. The van der Waals surface area contributed by atoms with Gasteiger partial charge in [-0.25, -0.2) is 0 Å².